The highest BCUT2D eigenvalue weighted by atomic mass is 32.1. The van der Waals surface area contributed by atoms with Crippen molar-refractivity contribution in [1.29, 1.82) is 0 Å². The summed E-state index contributed by atoms with van der Waals surface area (Å²) in [5.74, 6) is -0.489. The highest BCUT2D eigenvalue weighted by Gasteiger charge is 2.16. The van der Waals surface area contributed by atoms with Crippen molar-refractivity contribution in [3.63, 3.8) is 0 Å². The third kappa shape index (κ3) is 5.03. The maximum Gasteiger partial charge on any atom is 0.268 e. The molecule has 2 amide bonds. The lowest BCUT2D eigenvalue weighted by atomic mass is 10.0. The zero-order valence-electron chi connectivity index (χ0n) is 15.2. The predicted octanol–water partition coefficient (Wildman–Crippen LogP) is 3.80. The first-order chi connectivity index (χ1) is 13.0. The molecule has 27 heavy (non-hydrogen) atoms. The van der Waals surface area contributed by atoms with E-state index in [0.717, 1.165) is 12.0 Å². The van der Waals surface area contributed by atoms with Crippen LogP contribution in [0, 0.1) is 0 Å². The molecule has 6 heteroatoms. The standard InChI is InChI=1S/C21H21N3O2S/c1-24(2)23-20(26)18-12-13-27-21(18)22-19(25)17-10-8-16(9-11-17)14-15-6-4-3-5-7-15/h3-13H,14H2,1-2H3,(H,22,25)(H,23,26). The lowest BCUT2D eigenvalue weighted by Crippen LogP contribution is -2.36. The van der Waals surface area contributed by atoms with Crippen LogP contribution in [0.15, 0.2) is 66.0 Å². The molecule has 0 fully saturated rings. The third-order valence-electron chi connectivity index (χ3n) is 3.93. The summed E-state index contributed by atoms with van der Waals surface area (Å²) in [4.78, 5) is 24.7. The number of amides is 2. The molecule has 0 saturated carbocycles. The molecule has 2 N–H and O–H groups in total. The maximum absolute atomic E-state index is 12.5. The molecule has 3 aromatic rings. The number of carbonyl (C=O) groups is 2. The van der Waals surface area contributed by atoms with Gasteiger partial charge < -0.3 is 5.32 Å². The van der Waals surface area contributed by atoms with Gasteiger partial charge in [-0.2, -0.15) is 0 Å². The Morgan fingerprint density at radius 1 is 0.889 bits per heavy atom. The first-order valence-electron chi connectivity index (χ1n) is 8.53. The molecule has 1 aromatic heterocycles. The summed E-state index contributed by atoms with van der Waals surface area (Å²) in [6.07, 6.45) is 0.822. The van der Waals surface area contributed by atoms with E-state index in [2.05, 4.69) is 22.9 Å². The van der Waals surface area contributed by atoms with E-state index in [4.69, 9.17) is 0 Å². The molecule has 1 heterocycles. The minimum absolute atomic E-state index is 0.234. The van der Waals surface area contributed by atoms with Crippen molar-refractivity contribution in [2.45, 2.75) is 6.42 Å². The van der Waals surface area contributed by atoms with Gasteiger partial charge in [0.2, 0.25) is 0 Å². The maximum atomic E-state index is 12.5. The first-order valence-corrected chi connectivity index (χ1v) is 9.41. The highest BCUT2D eigenvalue weighted by Crippen LogP contribution is 2.24. The van der Waals surface area contributed by atoms with E-state index >= 15 is 0 Å². The molecule has 0 radical (unpaired) electrons. The molecule has 0 bridgehead atoms. The number of carbonyl (C=O) groups excluding carboxylic acids is 2. The second kappa shape index (κ2) is 8.62. The zero-order valence-corrected chi connectivity index (χ0v) is 16.0. The van der Waals surface area contributed by atoms with Gasteiger partial charge in [0.1, 0.15) is 5.00 Å². The molecule has 0 aliphatic heterocycles. The Balaban J connectivity index is 1.67. The van der Waals surface area contributed by atoms with Gasteiger partial charge in [0.25, 0.3) is 11.8 Å². The summed E-state index contributed by atoms with van der Waals surface area (Å²) >= 11 is 1.32. The topological polar surface area (TPSA) is 61.4 Å². The molecular formula is C21H21N3O2S. The molecule has 0 atom stereocenters. The van der Waals surface area contributed by atoms with E-state index in [-0.39, 0.29) is 11.8 Å². The van der Waals surface area contributed by atoms with Crippen LogP contribution in [0.5, 0.6) is 0 Å². The fourth-order valence-electron chi connectivity index (χ4n) is 2.63. The molecule has 0 aliphatic carbocycles. The van der Waals surface area contributed by atoms with Crippen molar-refractivity contribution in [3.8, 4) is 0 Å². The molecular weight excluding hydrogens is 358 g/mol. The lowest BCUT2D eigenvalue weighted by molar-refractivity contribution is 0.0858. The minimum Gasteiger partial charge on any atom is -0.313 e. The van der Waals surface area contributed by atoms with E-state index in [1.165, 1.54) is 16.9 Å². The van der Waals surface area contributed by atoms with Crippen molar-refractivity contribution in [2.75, 3.05) is 19.4 Å². The summed E-state index contributed by atoms with van der Waals surface area (Å²) < 4.78 is 0. The van der Waals surface area contributed by atoms with Crippen molar-refractivity contribution in [2.24, 2.45) is 0 Å². The van der Waals surface area contributed by atoms with Gasteiger partial charge in [0.15, 0.2) is 0 Å². The van der Waals surface area contributed by atoms with Crippen LogP contribution in [0.4, 0.5) is 5.00 Å². The number of nitrogens with one attached hydrogen (secondary N) is 2. The van der Waals surface area contributed by atoms with Crippen LogP contribution in [0.1, 0.15) is 31.8 Å². The molecule has 2 aromatic carbocycles. The molecule has 3 rings (SSSR count). The summed E-state index contributed by atoms with van der Waals surface area (Å²) in [5, 5.41) is 6.71. The molecule has 5 nitrogen and oxygen atoms in total. The Hall–Kier alpha value is -2.96. The summed E-state index contributed by atoms with van der Waals surface area (Å²) in [7, 11) is 3.47. The number of benzene rings is 2. The summed E-state index contributed by atoms with van der Waals surface area (Å²) in [6.45, 7) is 0. The van der Waals surface area contributed by atoms with Gasteiger partial charge in [0.05, 0.1) is 5.56 Å². The summed E-state index contributed by atoms with van der Waals surface area (Å²) in [6, 6.07) is 19.4. The van der Waals surface area contributed by atoms with Crippen LogP contribution in [0.25, 0.3) is 0 Å². The van der Waals surface area contributed by atoms with Gasteiger partial charge in [-0.05, 0) is 41.1 Å². The number of rotatable bonds is 6. The highest BCUT2D eigenvalue weighted by molar-refractivity contribution is 7.14. The van der Waals surface area contributed by atoms with Gasteiger partial charge in [0, 0.05) is 19.7 Å². The Kier molecular flexibility index (Phi) is 6.01. The average molecular weight is 379 g/mol. The number of thiophene rings is 1. The number of nitrogens with zero attached hydrogens (tertiary/aromatic N) is 1. The smallest absolute Gasteiger partial charge is 0.268 e. The SMILES string of the molecule is CN(C)NC(=O)c1ccsc1NC(=O)c1ccc(Cc2ccccc2)cc1. The van der Waals surface area contributed by atoms with E-state index in [1.54, 1.807) is 42.7 Å². The van der Waals surface area contributed by atoms with E-state index in [1.807, 2.05) is 30.3 Å². The van der Waals surface area contributed by atoms with Gasteiger partial charge in [-0.3, -0.25) is 15.0 Å². The van der Waals surface area contributed by atoms with Crippen molar-refractivity contribution in [1.82, 2.24) is 10.4 Å². The molecule has 0 spiro atoms. The van der Waals surface area contributed by atoms with Crippen molar-refractivity contribution in [3.05, 3.63) is 88.3 Å². The second-order valence-corrected chi connectivity index (χ2v) is 7.23. The normalized spacial score (nSPS) is 10.6. The minimum atomic E-state index is -0.255. The van der Waals surface area contributed by atoms with Gasteiger partial charge in [-0.25, -0.2) is 5.01 Å². The fraction of sp³-hybridized carbons (Fsp3) is 0.143. The Morgan fingerprint density at radius 2 is 1.56 bits per heavy atom. The molecule has 0 saturated heterocycles. The van der Waals surface area contributed by atoms with Crippen molar-refractivity contribution >= 4 is 28.2 Å². The Labute approximate surface area is 162 Å². The number of hydrazine groups is 1. The van der Waals surface area contributed by atoms with Crippen LogP contribution >= 0.6 is 11.3 Å². The van der Waals surface area contributed by atoms with Gasteiger partial charge >= 0.3 is 0 Å². The monoisotopic (exact) mass is 379 g/mol. The summed E-state index contributed by atoms with van der Waals surface area (Å²) in [5.41, 5.74) is 6.05. The largest absolute Gasteiger partial charge is 0.313 e. The quantitative estimate of drug-likeness (QED) is 0.641. The number of hydrogen-bond acceptors (Lipinski definition) is 4. The molecule has 138 valence electrons. The Morgan fingerprint density at radius 3 is 2.22 bits per heavy atom. The predicted molar refractivity (Wildman–Crippen MR) is 109 cm³/mol. The van der Waals surface area contributed by atoms with Crippen LogP contribution in [0.2, 0.25) is 0 Å². The van der Waals surface area contributed by atoms with Crippen LogP contribution in [-0.2, 0) is 6.42 Å². The second-order valence-electron chi connectivity index (χ2n) is 6.31. The third-order valence-corrected chi connectivity index (χ3v) is 4.76. The number of hydrogen-bond donors (Lipinski definition) is 2. The first kappa shape index (κ1) is 18.8. The van der Waals surface area contributed by atoms with E-state index < -0.39 is 0 Å². The Bertz CT molecular complexity index is 918. The average Bonchev–Trinajstić information content (AvgIpc) is 3.11. The van der Waals surface area contributed by atoms with E-state index in [0.29, 0.717) is 16.1 Å². The fourth-order valence-corrected chi connectivity index (χ4v) is 3.41. The van der Waals surface area contributed by atoms with Gasteiger partial charge in [-0.15, -0.1) is 11.3 Å². The van der Waals surface area contributed by atoms with Gasteiger partial charge in [-0.1, -0.05) is 42.5 Å². The number of anilines is 1. The van der Waals surface area contributed by atoms with Crippen LogP contribution in [0.3, 0.4) is 0 Å². The molecule has 0 unspecified atom stereocenters. The van der Waals surface area contributed by atoms with Crippen LogP contribution in [-0.4, -0.2) is 30.9 Å². The zero-order chi connectivity index (χ0) is 19.2. The van der Waals surface area contributed by atoms with Crippen LogP contribution < -0.4 is 10.7 Å². The van der Waals surface area contributed by atoms with E-state index in [9.17, 15) is 9.59 Å². The molecule has 0 aliphatic rings. The van der Waals surface area contributed by atoms with Crippen molar-refractivity contribution < 1.29 is 9.59 Å². The lowest BCUT2D eigenvalue weighted by Gasteiger charge is -2.12.